The molecule has 174 valence electrons. The molecule has 0 spiro atoms. The van der Waals surface area contributed by atoms with Crippen LogP contribution in [0.3, 0.4) is 0 Å². The number of carboxylic acids is 1. The van der Waals surface area contributed by atoms with Gasteiger partial charge in [0.15, 0.2) is 0 Å². The molecule has 5 nitrogen and oxygen atoms in total. The molecule has 0 saturated carbocycles. The van der Waals surface area contributed by atoms with E-state index < -0.39 is 23.7 Å². The Morgan fingerprint density at radius 1 is 1.22 bits per heavy atom. The molecule has 0 aliphatic carbocycles. The number of carbonyl (C=O) groups is 1. The van der Waals surface area contributed by atoms with Crippen molar-refractivity contribution in [1.82, 2.24) is 0 Å². The average Bonchev–Trinajstić information content (AvgIpc) is 3.08. The third kappa shape index (κ3) is 5.59. The van der Waals surface area contributed by atoms with Crippen molar-refractivity contribution in [2.24, 2.45) is 5.92 Å². The van der Waals surface area contributed by atoms with E-state index in [-0.39, 0.29) is 16.7 Å². The Labute approximate surface area is 189 Å². The second-order valence-electron chi connectivity index (χ2n) is 8.02. The van der Waals surface area contributed by atoms with Crippen LogP contribution in [0.2, 0.25) is 5.02 Å². The van der Waals surface area contributed by atoms with Gasteiger partial charge < -0.3 is 19.3 Å². The third-order valence-corrected chi connectivity index (χ3v) is 5.71. The fraction of sp³-hybridized carbons (Fsp3) is 0.435. The molecular formula is C23H24ClF3O5. The molecule has 2 aromatic carbocycles. The molecule has 1 heterocycles. The number of rotatable bonds is 9. The minimum absolute atomic E-state index is 0.0393. The second-order valence-corrected chi connectivity index (χ2v) is 8.42. The Balaban J connectivity index is 1.48. The molecule has 0 bridgehead atoms. The zero-order valence-corrected chi connectivity index (χ0v) is 18.4. The number of hydrogen-bond donors (Lipinski definition) is 1. The van der Waals surface area contributed by atoms with Crippen LogP contribution in [0.4, 0.5) is 13.2 Å². The molecule has 9 heteroatoms. The van der Waals surface area contributed by atoms with Crippen molar-refractivity contribution in [3.63, 3.8) is 0 Å². The summed E-state index contributed by atoms with van der Waals surface area (Å²) in [4.78, 5) is 11.8. The van der Waals surface area contributed by atoms with Crippen LogP contribution in [-0.4, -0.2) is 29.6 Å². The highest BCUT2D eigenvalue weighted by Crippen LogP contribution is 2.40. The molecular weight excluding hydrogens is 449 g/mol. The summed E-state index contributed by atoms with van der Waals surface area (Å²) in [6.45, 7) is 4.02. The second kappa shape index (κ2) is 9.48. The molecule has 1 aliphatic heterocycles. The van der Waals surface area contributed by atoms with Crippen LogP contribution in [0.5, 0.6) is 17.2 Å². The maximum absolute atomic E-state index is 12.3. The number of unbranched alkanes of at least 4 members (excludes halogenated alkanes) is 1. The number of alkyl halides is 3. The average molecular weight is 473 g/mol. The van der Waals surface area contributed by atoms with Crippen LogP contribution in [0.15, 0.2) is 36.4 Å². The number of aliphatic carboxylic acids is 1. The molecule has 3 rings (SSSR count). The first kappa shape index (κ1) is 24.0. The van der Waals surface area contributed by atoms with E-state index in [9.17, 15) is 23.1 Å². The molecule has 0 aromatic heterocycles. The first-order valence-corrected chi connectivity index (χ1v) is 10.6. The lowest BCUT2D eigenvalue weighted by Gasteiger charge is -2.27. The van der Waals surface area contributed by atoms with Gasteiger partial charge in [0, 0.05) is 18.4 Å². The Bertz CT molecular complexity index is 977. The Morgan fingerprint density at radius 2 is 1.97 bits per heavy atom. The van der Waals surface area contributed by atoms with Gasteiger partial charge in [-0.15, -0.1) is 13.2 Å². The topological polar surface area (TPSA) is 65.0 Å². The third-order valence-electron chi connectivity index (χ3n) is 5.42. The number of ether oxygens (including phenoxy) is 3. The SMILES string of the molecule is CC(C)[C@]1(C(=O)O)Cc2cc(CCCCOc3ccc(OC(F)(F)F)cc3Cl)ccc2O1. The van der Waals surface area contributed by atoms with Crippen molar-refractivity contribution < 1.29 is 37.3 Å². The fourth-order valence-electron chi connectivity index (χ4n) is 3.64. The van der Waals surface area contributed by atoms with Gasteiger partial charge in [0.2, 0.25) is 5.60 Å². The van der Waals surface area contributed by atoms with E-state index in [1.807, 2.05) is 32.0 Å². The lowest BCUT2D eigenvalue weighted by atomic mass is 9.86. The van der Waals surface area contributed by atoms with Gasteiger partial charge in [0.1, 0.15) is 17.2 Å². The van der Waals surface area contributed by atoms with Crippen molar-refractivity contribution in [2.75, 3.05) is 6.61 Å². The highest BCUT2D eigenvalue weighted by molar-refractivity contribution is 6.32. The van der Waals surface area contributed by atoms with Crippen LogP contribution < -0.4 is 14.2 Å². The molecule has 0 fully saturated rings. The highest BCUT2D eigenvalue weighted by atomic mass is 35.5. The van der Waals surface area contributed by atoms with Gasteiger partial charge in [-0.1, -0.05) is 37.6 Å². The van der Waals surface area contributed by atoms with Crippen molar-refractivity contribution >= 4 is 17.6 Å². The van der Waals surface area contributed by atoms with E-state index in [2.05, 4.69) is 4.74 Å². The minimum atomic E-state index is -4.78. The molecule has 0 radical (unpaired) electrons. The van der Waals surface area contributed by atoms with Crippen LogP contribution in [-0.2, 0) is 17.6 Å². The number of halogens is 4. The number of fused-ring (bicyclic) bond motifs is 1. The first-order chi connectivity index (χ1) is 15.0. The standard InChI is InChI=1S/C23H24ClF3O5/c1-14(2)22(21(28)29)13-16-11-15(6-8-19(16)32-22)5-3-4-10-30-20-9-7-17(12-18(20)24)31-23(25,26)27/h6-9,11-12,14H,3-5,10,13H2,1-2H3,(H,28,29)/t22-/m0/s1. The highest BCUT2D eigenvalue weighted by Gasteiger charge is 2.49. The summed E-state index contributed by atoms with van der Waals surface area (Å²) in [5.41, 5.74) is 0.737. The Morgan fingerprint density at radius 3 is 2.59 bits per heavy atom. The molecule has 0 saturated heterocycles. The molecule has 0 unspecified atom stereocenters. The van der Waals surface area contributed by atoms with E-state index in [1.54, 1.807) is 0 Å². The lowest BCUT2D eigenvalue weighted by molar-refractivity contribution is -0.274. The zero-order valence-electron chi connectivity index (χ0n) is 17.7. The predicted octanol–water partition coefficient (Wildman–Crippen LogP) is 6.05. The fourth-order valence-corrected chi connectivity index (χ4v) is 3.86. The summed E-state index contributed by atoms with van der Waals surface area (Å²) in [6.07, 6.45) is -2.17. The van der Waals surface area contributed by atoms with Crippen molar-refractivity contribution in [1.29, 1.82) is 0 Å². The number of hydrogen-bond acceptors (Lipinski definition) is 4. The maximum atomic E-state index is 12.3. The van der Waals surface area contributed by atoms with Gasteiger partial charge in [-0.2, -0.15) is 0 Å². The number of carboxylic acid groups (broad SMARTS) is 1. The normalized spacial score (nSPS) is 17.7. The van der Waals surface area contributed by atoms with Crippen LogP contribution in [0, 0.1) is 5.92 Å². The van der Waals surface area contributed by atoms with Crippen molar-refractivity contribution in [2.45, 2.75) is 51.5 Å². The largest absolute Gasteiger partial charge is 0.573 e. The summed E-state index contributed by atoms with van der Waals surface area (Å²) >= 11 is 5.96. The van der Waals surface area contributed by atoms with Crippen molar-refractivity contribution in [3.05, 3.63) is 52.5 Å². The van der Waals surface area contributed by atoms with E-state index in [4.69, 9.17) is 21.1 Å². The van der Waals surface area contributed by atoms with Gasteiger partial charge in [0.25, 0.3) is 0 Å². The van der Waals surface area contributed by atoms with Gasteiger partial charge in [-0.3, -0.25) is 0 Å². The molecule has 2 aromatic rings. The van der Waals surface area contributed by atoms with Crippen LogP contribution in [0.1, 0.15) is 37.8 Å². The van der Waals surface area contributed by atoms with Gasteiger partial charge in [0.05, 0.1) is 11.6 Å². The van der Waals surface area contributed by atoms with Gasteiger partial charge in [-0.25, -0.2) is 4.79 Å². The summed E-state index contributed by atoms with van der Waals surface area (Å²) in [5, 5.41) is 9.69. The van der Waals surface area contributed by atoms with E-state index in [1.165, 1.54) is 6.07 Å². The van der Waals surface area contributed by atoms with Crippen LogP contribution in [0.25, 0.3) is 0 Å². The Hall–Kier alpha value is -2.61. The molecule has 32 heavy (non-hydrogen) atoms. The molecule has 1 atom stereocenters. The number of benzene rings is 2. The van der Waals surface area contributed by atoms with E-state index >= 15 is 0 Å². The monoisotopic (exact) mass is 472 g/mol. The summed E-state index contributed by atoms with van der Waals surface area (Å²) in [5.74, 6) is -0.636. The Kier molecular flexibility index (Phi) is 7.12. The van der Waals surface area contributed by atoms with E-state index in [0.29, 0.717) is 25.2 Å². The first-order valence-electron chi connectivity index (χ1n) is 10.2. The van der Waals surface area contributed by atoms with E-state index in [0.717, 1.165) is 36.1 Å². The number of aryl methyl sites for hydroxylation is 1. The predicted molar refractivity (Wildman–Crippen MR) is 113 cm³/mol. The van der Waals surface area contributed by atoms with Gasteiger partial charge >= 0.3 is 12.3 Å². The summed E-state index contributed by atoms with van der Waals surface area (Å²) in [7, 11) is 0. The summed E-state index contributed by atoms with van der Waals surface area (Å²) < 4.78 is 51.9. The van der Waals surface area contributed by atoms with Gasteiger partial charge in [-0.05, 0) is 48.6 Å². The maximum Gasteiger partial charge on any atom is 0.573 e. The molecule has 1 aliphatic rings. The smallest absolute Gasteiger partial charge is 0.492 e. The van der Waals surface area contributed by atoms with Crippen LogP contribution >= 0.6 is 11.6 Å². The quantitative estimate of drug-likeness (QED) is 0.450. The zero-order chi connectivity index (χ0) is 23.5. The minimum Gasteiger partial charge on any atom is -0.492 e. The molecule has 1 N–H and O–H groups in total. The summed E-state index contributed by atoms with van der Waals surface area (Å²) in [6, 6.07) is 9.28. The lowest BCUT2D eigenvalue weighted by Crippen LogP contribution is -2.48. The van der Waals surface area contributed by atoms with Crippen molar-refractivity contribution in [3.8, 4) is 17.2 Å². The molecule has 0 amide bonds.